The van der Waals surface area contributed by atoms with Gasteiger partial charge in [0, 0.05) is 24.3 Å². The average molecular weight is 414 g/mol. The summed E-state index contributed by atoms with van der Waals surface area (Å²) in [7, 11) is 0. The molecule has 3 aromatic rings. The van der Waals surface area contributed by atoms with Gasteiger partial charge in [-0.05, 0) is 29.9 Å². The smallest absolute Gasteiger partial charge is 0.257 e. The summed E-state index contributed by atoms with van der Waals surface area (Å²) in [5.74, 6) is -0.359. The molecule has 1 N–H and O–H groups in total. The van der Waals surface area contributed by atoms with Gasteiger partial charge in [-0.25, -0.2) is 4.39 Å². The van der Waals surface area contributed by atoms with Crippen LogP contribution in [-0.2, 0) is 0 Å². The third kappa shape index (κ3) is 4.67. The molecule has 0 bridgehead atoms. The predicted molar refractivity (Wildman–Crippen MR) is 117 cm³/mol. The number of benzene rings is 2. The summed E-state index contributed by atoms with van der Waals surface area (Å²) in [6.07, 6.45) is 3.65. The number of fused-ring (bicyclic) bond motifs is 1. The average Bonchev–Trinajstić information content (AvgIpc) is 2.72. The monoisotopic (exact) mass is 413 g/mol. The minimum atomic E-state index is -0.494. The molecule has 0 spiro atoms. The Hall–Kier alpha value is -2.66. The first-order chi connectivity index (χ1) is 13.9. The van der Waals surface area contributed by atoms with Gasteiger partial charge < -0.3 is 10.2 Å². The molecule has 1 amide bonds. The van der Waals surface area contributed by atoms with Gasteiger partial charge in [0.05, 0.1) is 16.3 Å². The maximum Gasteiger partial charge on any atom is 0.257 e. The molecule has 0 radical (unpaired) electrons. The Morgan fingerprint density at radius 2 is 1.93 bits per heavy atom. The number of pyridine rings is 1. The summed E-state index contributed by atoms with van der Waals surface area (Å²) in [4.78, 5) is 19.6. The molecular formula is C23H25ClFN3O. The van der Waals surface area contributed by atoms with Crippen molar-refractivity contribution in [3.05, 3.63) is 71.3 Å². The molecule has 0 fully saturated rings. The number of nitrogens with zero attached hydrogens (tertiary/aromatic N) is 2. The van der Waals surface area contributed by atoms with E-state index in [1.54, 1.807) is 29.4 Å². The second-order valence-electron chi connectivity index (χ2n) is 7.43. The lowest BCUT2D eigenvalue weighted by Gasteiger charge is -2.34. The summed E-state index contributed by atoms with van der Waals surface area (Å²) in [5, 5.41) is 5.05. The van der Waals surface area contributed by atoms with E-state index in [9.17, 15) is 9.18 Å². The molecule has 0 aliphatic carbocycles. The molecule has 4 nitrogen and oxygen atoms in total. The maximum atomic E-state index is 13.9. The standard InChI is InChI=1S/C23H25ClFN3O/c1-4-21(27-20-11-7-10-19(25)22(20)24)28(14-15(2)3)23(29)18-13-26-12-16-8-5-6-9-17(16)18/h5-13,15,21,27H,4,14H2,1-3H3. The zero-order valence-corrected chi connectivity index (χ0v) is 17.6. The van der Waals surface area contributed by atoms with Crippen molar-refractivity contribution in [2.75, 3.05) is 11.9 Å². The number of aromatic nitrogens is 1. The van der Waals surface area contributed by atoms with E-state index in [-0.39, 0.29) is 23.0 Å². The van der Waals surface area contributed by atoms with E-state index in [2.05, 4.69) is 24.1 Å². The van der Waals surface area contributed by atoms with Crippen LogP contribution >= 0.6 is 11.6 Å². The Morgan fingerprint density at radius 3 is 2.66 bits per heavy atom. The SMILES string of the molecule is CCC(Nc1cccc(F)c1Cl)N(CC(C)C)C(=O)c1cncc2ccccc12. The van der Waals surface area contributed by atoms with Crippen molar-refractivity contribution in [3.63, 3.8) is 0 Å². The van der Waals surface area contributed by atoms with Gasteiger partial charge in [0.25, 0.3) is 5.91 Å². The van der Waals surface area contributed by atoms with Crippen LogP contribution in [0.4, 0.5) is 10.1 Å². The number of hydrogen-bond acceptors (Lipinski definition) is 3. The number of rotatable bonds is 7. The first kappa shape index (κ1) is 21.1. The molecule has 1 heterocycles. The van der Waals surface area contributed by atoms with Crippen molar-refractivity contribution in [1.82, 2.24) is 9.88 Å². The molecule has 0 aliphatic rings. The third-order valence-corrected chi connectivity index (χ3v) is 5.14. The fraction of sp³-hybridized carbons (Fsp3) is 0.304. The Labute approximate surface area is 175 Å². The number of carbonyl (C=O) groups excluding carboxylic acids is 1. The number of halogens is 2. The highest BCUT2D eigenvalue weighted by Crippen LogP contribution is 2.27. The van der Waals surface area contributed by atoms with Crippen LogP contribution in [0, 0.1) is 11.7 Å². The number of anilines is 1. The summed E-state index contributed by atoms with van der Waals surface area (Å²) in [5.41, 5.74) is 1.02. The molecule has 0 aliphatic heterocycles. The van der Waals surface area contributed by atoms with Crippen molar-refractivity contribution in [2.45, 2.75) is 33.4 Å². The number of nitrogens with one attached hydrogen (secondary N) is 1. The summed E-state index contributed by atoms with van der Waals surface area (Å²) in [6, 6.07) is 12.3. The van der Waals surface area contributed by atoms with Gasteiger partial charge in [-0.3, -0.25) is 9.78 Å². The minimum absolute atomic E-state index is 0.0229. The Balaban J connectivity index is 1.99. The van der Waals surface area contributed by atoms with Crippen LogP contribution in [0.2, 0.25) is 5.02 Å². The van der Waals surface area contributed by atoms with Gasteiger partial charge in [0.15, 0.2) is 0 Å². The van der Waals surface area contributed by atoms with Crippen LogP contribution in [0.25, 0.3) is 10.8 Å². The third-order valence-electron chi connectivity index (χ3n) is 4.76. The lowest BCUT2D eigenvalue weighted by Crippen LogP contribution is -2.46. The first-order valence-electron chi connectivity index (χ1n) is 9.76. The first-order valence-corrected chi connectivity index (χ1v) is 10.1. The van der Waals surface area contributed by atoms with Crippen LogP contribution in [0.3, 0.4) is 0 Å². The van der Waals surface area contributed by atoms with E-state index in [0.717, 1.165) is 10.8 Å². The van der Waals surface area contributed by atoms with Crippen LogP contribution in [-0.4, -0.2) is 28.5 Å². The second kappa shape index (κ2) is 9.23. The highest BCUT2D eigenvalue weighted by molar-refractivity contribution is 6.33. The van der Waals surface area contributed by atoms with Gasteiger partial charge in [0.2, 0.25) is 0 Å². The van der Waals surface area contributed by atoms with E-state index >= 15 is 0 Å². The minimum Gasteiger partial charge on any atom is -0.364 e. The molecule has 152 valence electrons. The Kier molecular flexibility index (Phi) is 6.70. The Morgan fingerprint density at radius 1 is 1.17 bits per heavy atom. The molecule has 1 unspecified atom stereocenters. The maximum absolute atomic E-state index is 13.9. The zero-order valence-electron chi connectivity index (χ0n) is 16.8. The van der Waals surface area contributed by atoms with Crippen LogP contribution in [0.5, 0.6) is 0 Å². The lowest BCUT2D eigenvalue weighted by atomic mass is 10.1. The molecular weight excluding hydrogens is 389 g/mol. The van der Waals surface area contributed by atoms with Gasteiger partial charge in [-0.1, -0.05) is 62.7 Å². The van der Waals surface area contributed by atoms with Gasteiger partial charge in [0.1, 0.15) is 12.0 Å². The van der Waals surface area contributed by atoms with Crippen molar-refractivity contribution in [3.8, 4) is 0 Å². The van der Waals surface area contributed by atoms with Crippen LogP contribution < -0.4 is 5.32 Å². The molecule has 29 heavy (non-hydrogen) atoms. The quantitative estimate of drug-likeness (QED) is 0.485. The van der Waals surface area contributed by atoms with E-state index in [1.807, 2.05) is 31.2 Å². The predicted octanol–water partition coefficient (Wildman–Crippen LogP) is 5.97. The molecule has 0 saturated carbocycles. The van der Waals surface area contributed by atoms with Gasteiger partial charge >= 0.3 is 0 Å². The van der Waals surface area contributed by atoms with Crippen molar-refractivity contribution < 1.29 is 9.18 Å². The molecule has 2 aromatic carbocycles. The van der Waals surface area contributed by atoms with E-state index in [0.29, 0.717) is 24.2 Å². The van der Waals surface area contributed by atoms with Crippen molar-refractivity contribution in [1.29, 1.82) is 0 Å². The van der Waals surface area contributed by atoms with Crippen molar-refractivity contribution >= 4 is 34.0 Å². The van der Waals surface area contributed by atoms with E-state index in [1.165, 1.54) is 6.07 Å². The fourth-order valence-corrected chi connectivity index (χ4v) is 3.56. The van der Waals surface area contributed by atoms with Crippen LogP contribution in [0.1, 0.15) is 37.6 Å². The van der Waals surface area contributed by atoms with Crippen molar-refractivity contribution in [2.24, 2.45) is 5.92 Å². The fourth-order valence-electron chi connectivity index (χ4n) is 3.38. The molecule has 0 saturated heterocycles. The summed E-state index contributed by atoms with van der Waals surface area (Å²) >= 11 is 6.13. The summed E-state index contributed by atoms with van der Waals surface area (Å²) < 4.78 is 13.9. The Bertz CT molecular complexity index is 1000. The summed E-state index contributed by atoms with van der Waals surface area (Å²) in [6.45, 7) is 6.64. The lowest BCUT2D eigenvalue weighted by molar-refractivity contribution is 0.0672. The zero-order chi connectivity index (χ0) is 21.0. The second-order valence-corrected chi connectivity index (χ2v) is 7.81. The number of carbonyl (C=O) groups is 1. The molecule has 3 rings (SSSR count). The topological polar surface area (TPSA) is 45.2 Å². The normalized spacial score (nSPS) is 12.2. The number of hydrogen-bond donors (Lipinski definition) is 1. The van der Waals surface area contributed by atoms with Crippen LogP contribution in [0.15, 0.2) is 54.9 Å². The highest BCUT2D eigenvalue weighted by Gasteiger charge is 2.26. The molecule has 1 atom stereocenters. The van der Waals surface area contributed by atoms with Gasteiger partial charge in [-0.2, -0.15) is 0 Å². The van der Waals surface area contributed by atoms with E-state index in [4.69, 9.17) is 11.6 Å². The largest absolute Gasteiger partial charge is 0.364 e. The van der Waals surface area contributed by atoms with Gasteiger partial charge in [-0.15, -0.1) is 0 Å². The molecule has 6 heteroatoms. The highest BCUT2D eigenvalue weighted by atomic mass is 35.5. The molecule has 1 aromatic heterocycles. The van der Waals surface area contributed by atoms with E-state index < -0.39 is 5.82 Å². The number of amides is 1.